The number of hydrogen-bond donors (Lipinski definition) is 1. The fourth-order valence-electron chi connectivity index (χ4n) is 3.81. The van der Waals surface area contributed by atoms with Crippen molar-refractivity contribution in [2.24, 2.45) is 5.41 Å². The second-order valence-corrected chi connectivity index (χ2v) is 7.96. The second kappa shape index (κ2) is 6.74. The van der Waals surface area contributed by atoms with E-state index in [1.807, 2.05) is 6.07 Å². The number of halogens is 1. The van der Waals surface area contributed by atoms with Gasteiger partial charge >= 0.3 is 0 Å². The van der Waals surface area contributed by atoms with Gasteiger partial charge in [-0.15, -0.1) is 0 Å². The zero-order valence-electron chi connectivity index (χ0n) is 15.7. The lowest BCUT2D eigenvalue weighted by molar-refractivity contribution is -0.605. The first kappa shape index (κ1) is 18.2. The Bertz CT molecular complexity index is 1030. The molecular formula is C21H21FN4O2. The number of nitrogens with zero attached hydrogens (tertiary/aromatic N) is 3. The monoisotopic (exact) mass is 380 g/mol. The topological polar surface area (TPSA) is 73.9 Å². The molecule has 1 aliphatic carbocycles. The smallest absolute Gasteiger partial charge is 0.252 e. The normalized spacial score (nSPS) is 17.8. The third-order valence-corrected chi connectivity index (χ3v) is 5.10. The number of amides is 1. The highest BCUT2D eigenvalue weighted by molar-refractivity contribution is 5.94. The van der Waals surface area contributed by atoms with Crippen molar-refractivity contribution >= 4 is 5.91 Å². The Morgan fingerprint density at radius 3 is 2.79 bits per heavy atom. The predicted molar refractivity (Wildman–Crippen MR) is 101 cm³/mol. The number of fused-ring (bicyclic) bond motifs is 1. The van der Waals surface area contributed by atoms with Gasteiger partial charge in [0.1, 0.15) is 5.82 Å². The van der Waals surface area contributed by atoms with Crippen LogP contribution < -0.4 is 10.0 Å². The van der Waals surface area contributed by atoms with Crippen molar-refractivity contribution in [3.63, 3.8) is 0 Å². The molecule has 0 radical (unpaired) electrons. The Morgan fingerprint density at radius 2 is 2.07 bits per heavy atom. The minimum absolute atomic E-state index is 0.0647. The first-order valence-electron chi connectivity index (χ1n) is 9.15. The zero-order chi connectivity index (χ0) is 19.9. The first-order chi connectivity index (χ1) is 13.3. The average molecular weight is 380 g/mol. The van der Waals surface area contributed by atoms with Crippen molar-refractivity contribution in [2.75, 3.05) is 0 Å². The van der Waals surface area contributed by atoms with E-state index in [0.29, 0.717) is 16.0 Å². The van der Waals surface area contributed by atoms with Crippen LogP contribution in [0, 0.1) is 16.4 Å². The van der Waals surface area contributed by atoms with Crippen LogP contribution in [0.15, 0.2) is 55.0 Å². The molecule has 0 bridgehead atoms. The van der Waals surface area contributed by atoms with Gasteiger partial charge in [-0.25, -0.2) is 9.07 Å². The van der Waals surface area contributed by atoms with E-state index < -0.39 is 0 Å². The third kappa shape index (κ3) is 3.47. The minimum atomic E-state index is -0.318. The lowest BCUT2D eigenvalue weighted by Crippen LogP contribution is -2.37. The van der Waals surface area contributed by atoms with Gasteiger partial charge in [0.2, 0.25) is 0 Å². The molecule has 1 aliphatic rings. The predicted octanol–water partition coefficient (Wildman–Crippen LogP) is 3.09. The molecule has 1 amide bonds. The van der Waals surface area contributed by atoms with Crippen LogP contribution in [0.1, 0.15) is 47.9 Å². The molecule has 0 saturated heterocycles. The van der Waals surface area contributed by atoms with Gasteiger partial charge in [-0.3, -0.25) is 4.79 Å². The van der Waals surface area contributed by atoms with Crippen LogP contribution in [0.5, 0.6) is 0 Å². The van der Waals surface area contributed by atoms with Gasteiger partial charge in [-0.05, 0) is 36.5 Å². The van der Waals surface area contributed by atoms with Gasteiger partial charge in [-0.2, -0.15) is 9.83 Å². The van der Waals surface area contributed by atoms with Crippen LogP contribution in [0.2, 0.25) is 0 Å². The van der Waals surface area contributed by atoms with Crippen molar-refractivity contribution in [3.05, 3.63) is 82.8 Å². The van der Waals surface area contributed by atoms with Crippen LogP contribution in [0.4, 0.5) is 4.39 Å². The van der Waals surface area contributed by atoms with Crippen LogP contribution in [0.3, 0.4) is 0 Å². The number of nitrogens with one attached hydrogen (secondary N) is 1. The summed E-state index contributed by atoms with van der Waals surface area (Å²) in [5.41, 5.74) is 2.93. The molecule has 2 aromatic heterocycles. The largest absolute Gasteiger partial charge is 0.619 e. The fraction of sp³-hybridized carbons (Fsp3) is 0.286. The molecule has 3 aromatic rings. The summed E-state index contributed by atoms with van der Waals surface area (Å²) in [6, 6.07) is 9.09. The van der Waals surface area contributed by atoms with E-state index >= 15 is 0 Å². The molecule has 2 heterocycles. The molecule has 0 spiro atoms. The Kier molecular flexibility index (Phi) is 4.37. The molecular weight excluding hydrogens is 359 g/mol. The van der Waals surface area contributed by atoms with Gasteiger partial charge < -0.3 is 10.5 Å². The maximum atomic E-state index is 13.7. The first-order valence-corrected chi connectivity index (χ1v) is 9.15. The molecule has 6 nitrogen and oxygen atoms in total. The highest BCUT2D eigenvalue weighted by Gasteiger charge is 2.36. The van der Waals surface area contributed by atoms with E-state index in [1.165, 1.54) is 36.7 Å². The summed E-state index contributed by atoms with van der Waals surface area (Å²) < 4.78 is 16.1. The van der Waals surface area contributed by atoms with Crippen molar-refractivity contribution in [1.82, 2.24) is 15.1 Å². The van der Waals surface area contributed by atoms with E-state index in [0.717, 1.165) is 24.1 Å². The molecule has 4 rings (SSSR count). The van der Waals surface area contributed by atoms with Crippen LogP contribution >= 0.6 is 0 Å². The zero-order valence-corrected chi connectivity index (χ0v) is 15.7. The SMILES string of the molecule is CC1(C)Cc2c(cnn2-c2cccc(F)c2)[C@H](NC(=O)c2cc[n+]([O-])cc2)C1. The van der Waals surface area contributed by atoms with Gasteiger partial charge in [0.25, 0.3) is 5.91 Å². The number of rotatable bonds is 3. The van der Waals surface area contributed by atoms with Gasteiger partial charge in [0.15, 0.2) is 12.4 Å². The van der Waals surface area contributed by atoms with E-state index in [1.54, 1.807) is 16.9 Å². The van der Waals surface area contributed by atoms with E-state index in [9.17, 15) is 14.4 Å². The number of pyridine rings is 1. The van der Waals surface area contributed by atoms with E-state index in [-0.39, 0.29) is 23.2 Å². The molecule has 1 atom stereocenters. The van der Waals surface area contributed by atoms with Crippen molar-refractivity contribution in [1.29, 1.82) is 0 Å². The maximum absolute atomic E-state index is 13.7. The summed E-state index contributed by atoms with van der Waals surface area (Å²) in [5, 5.41) is 18.7. The van der Waals surface area contributed by atoms with Gasteiger partial charge in [0, 0.05) is 17.7 Å². The number of carbonyl (C=O) groups is 1. The standard InChI is InChI=1S/C21H21FN4O2/c1-21(2)11-18(24-20(27)14-6-8-25(28)9-7-14)17-13-23-26(19(17)12-21)16-5-3-4-15(22)10-16/h3-10,13,18H,11-12H2,1-2H3,(H,24,27)/t18-/m1/s1. The average Bonchev–Trinajstić information content (AvgIpc) is 3.05. The summed E-state index contributed by atoms with van der Waals surface area (Å²) in [4.78, 5) is 12.7. The lowest BCUT2D eigenvalue weighted by Gasteiger charge is -2.36. The Morgan fingerprint density at radius 1 is 1.32 bits per heavy atom. The highest BCUT2D eigenvalue weighted by atomic mass is 19.1. The Hall–Kier alpha value is -3.22. The molecule has 28 heavy (non-hydrogen) atoms. The van der Waals surface area contributed by atoms with Crippen LogP contribution in [0.25, 0.3) is 5.69 Å². The molecule has 7 heteroatoms. The number of carbonyl (C=O) groups excluding carboxylic acids is 1. The van der Waals surface area contributed by atoms with Crippen molar-refractivity contribution < 1.29 is 13.9 Å². The van der Waals surface area contributed by atoms with Crippen molar-refractivity contribution in [3.8, 4) is 5.69 Å². The Labute approximate surface area is 162 Å². The number of benzene rings is 1. The lowest BCUT2D eigenvalue weighted by atomic mass is 9.74. The van der Waals surface area contributed by atoms with Gasteiger partial charge in [-0.1, -0.05) is 19.9 Å². The minimum Gasteiger partial charge on any atom is -0.619 e. The Balaban J connectivity index is 1.67. The molecule has 144 valence electrons. The molecule has 0 aliphatic heterocycles. The second-order valence-electron chi connectivity index (χ2n) is 7.96. The molecule has 1 aromatic carbocycles. The number of aromatic nitrogens is 3. The maximum Gasteiger partial charge on any atom is 0.252 e. The molecule has 1 N–H and O–H groups in total. The third-order valence-electron chi connectivity index (χ3n) is 5.10. The number of hydrogen-bond acceptors (Lipinski definition) is 3. The van der Waals surface area contributed by atoms with E-state index in [4.69, 9.17) is 0 Å². The van der Waals surface area contributed by atoms with E-state index in [2.05, 4.69) is 24.3 Å². The highest BCUT2D eigenvalue weighted by Crippen LogP contribution is 2.41. The van der Waals surface area contributed by atoms with Crippen molar-refractivity contribution in [2.45, 2.75) is 32.7 Å². The molecule has 0 fully saturated rings. The summed E-state index contributed by atoms with van der Waals surface area (Å²) >= 11 is 0. The summed E-state index contributed by atoms with van der Waals surface area (Å²) in [6.45, 7) is 4.28. The summed E-state index contributed by atoms with van der Waals surface area (Å²) in [7, 11) is 0. The quantitative estimate of drug-likeness (QED) is 0.561. The van der Waals surface area contributed by atoms with Crippen LogP contribution in [-0.4, -0.2) is 15.7 Å². The van der Waals surface area contributed by atoms with Gasteiger partial charge in [0.05, 0.1) is 29.2 Å². The summed E-state index contributed by atoms with van der Waals surface area (Å²) in [5.74, 6) is -0.561. The fourth-order valence-corrected chi connectivity index (χ4v) is 3.81. The molecule has 0 unspecified atom stereocenters. The van der Waals surface area contributed by atoms with Crippen LogP contribution in [-0.2, 0) is 6.42 Å². The molecule has 0 saturated carbocycles. The summed E-state index contributed by atoms with van der Waals surface area (Å²) in [6.07, 6.45) is 5.87.